The molecule has 0 fully saturated rings. The molecule has 0 aliphatic heterocycles. The Bertz CT molecular complexity index is 234. The summed E-state index contributed by atoms with van der Waals surface area (Å²) in [5.74, 6) is 1.86. The number of nitrogens with one attached hydrogen (secondary N) is 1. The Morgan fingerprint density at radius 3 is 2.12 bits per heavy atom. The van der Waals surface area contributed by atoms with Crippen molar-refractivity contribution in [2.45, 2.75) is 0 Å². The Kier molecular flexibility index (Phi) is 4.25. The molecule has 0 saturated heterocycles. The Morgan fingerprint density at radius 1 is 1.00 bits per heavy atom. The van der Waals surface area contributed by atoms with E-state index in [2.05, 4.69) is 35.2 Å². The molecular formula is C7H3N. The van der Waals surface area contributed by atoms with Crippen molar-refractivity contribution in [1.82, 2.24) is 0 Å². The third-order valence-electron chi connectivity index (χ3n) is 0.338. The van der Waals surface area contributed by atoms with Crippen LogP contribution in [0.25, 0.3) is 0 Å². The molecular weight excluding hydrogens is 98.1 g/mol. The van der Waals surface area contributed by atoms with E-state index in [4.69, 9.17) is 5.41 Å². The predicted molar refractivity (Wildman–Crippen MR) is 30.9 cm³/mol. The lowest BCUT2D eigenvalue weighted by Gasteiger charge is -1.34. The summed E-state index contributed by atoms with van der Waals surface area (Å²) in [5, 5.41) is 6.31. The Labute approximate surface area is 47.5 Å². The summed E-state index contributed by atoms with van der Waals surface area (Å²) in [6.45, 7) is 3.22. The van der Waals surface area contributed by atoms with Gasteiger partial charge in [0.2, 0.25) is 0 Å². The fourth-order valence-electron chi connectivity index (χ4n) is 0.138. The van der Waals surface area contributed by atoms with Crippen molar-refractivity contribution >= 4 is 5.87 Å². The molecule has 0 bridgehead atoms. The zero-order valence-electron chi connectivity index (χ0n) is 4.21. The molecule has 0 rings (SSSR count). The Hall–Kier alpha value is -1.65. The van der Waals surface area contributed by atoms with Crippen molar-refractivity contribution in [2.24, 2.45) is 0 Å². The van der Waals surface area contributed by atoms with Gasteiger partial charge in [0.15, 0.2) is 0 Å². The van der Waals surface area contributed by atoms with Crippen LogP contribution in [0.3, 0.4) is 0 Å². The normalized spacial score (nSPS) is 3.50. The Balaban J connectivity index is 5.06. The maximum absolute atomic E-state index is 6.31. The van der Waals surface area contributed by atoms with Gasteiger partial charge in [-0.25, -0.2) is 0 Å². The monoisotopic (exact) mass is 101 g/mol. The van der Waals surface area contributed by atoms with E-state index in [0.717, 1.165) is 0 Å². The molecule has 0 unspecified atom stereocenters. The van der Waals surface area contributed by atoms with Gasteiger partial charge in [-0.2, -0.15) is 0 Å². The highest BCUT2D eigenvalue weighted by Crippen LogP contribution is 1.46. The van der Waals surface area contributed by atoms with Crippen LogP contribution in [0, 0.1) is 5.41 Å². The minimum atomic E-state index is 1.86. The summed E-state index contributed by atoms with van der Waals surface area (Å²) >= 11 is 0. The molecule has 36 valence electrons. The molecule has 1 nitrogen and oxygen atoms in total. The van der Waals surface area contributed by atoms with Gasteiger partial charge in [-0.05, 0) is 18.0 Å². The first-order valence-corrected chi connectivity index (χ1v) is 1.85. The second-order valence-corrected chi connectivity index (χ2v) is 0.802. The molecule has 0 aliphatic carbocycles. The molecule has 0 radical (unpaired) electrons. The molecule has 0 aromatic heterocycles. The van der Waals surface area contributed by atoms with Crippen molar-refractivity contribution in [3.05, 3.63) is 35.2 Å². The highest BCUT2D eigenvalue weighted by atomic mass is 14.3. The van der Waals surface area contributed by atoms with Gasteiger partial charge >= 0.3 is 0 Å². The molecule has 0 saturated carbocycles. The van der Waals surface area contributed by atoms with Gasteiger partial charge in [0.25, 0.3) is 0 Å². The van der Waals surface area contributed by atoms with E-state index in [1.807, 2.05) is 5.87 Å². The topological polar surface area (TPSA) is 23.9 Å². The summed E-state index contributed by atoms with van der Waals surface area (Å²) in [7, 11) is 0. The molecule has 0 atom stereocenters. The van der Waals surface area contributed by atoms with Crippen molar-refractivity contribution in [3.8, 4) is 0 Å². The molecule has 0 aromatic carbocycles. The SMILES string of the molecule is C=C=C=C=C=C=C=N. The first-order chi connectivity index (χ1) is 3.91. The lowest BCUT2D eigenvalue weighted by atomic mass is 10.7. The number of rotatable bonds is 0. The van der Waals surface area contributed by atoms with Crippen molar-refractivity contribution in [3.63, 3.8) is 0 Å². The maximum atomic E-state index is 6.31. The van der Waals surface area contributed by atoms with Gasteiger partial charge in [0.1, 0.15) is 0 Å². The second-order valence-electron chi connectivity index (χ2n) is 0.802. The van der Waals surface area contributed by atoms with Crippen molar-refractivity contribution in [1.29, 1.82) is 5.41 Å². The van der Waals surface area contributed by atoms with E-state index in [-0.39, 0.29) is 0 Å². The van der Waals surface area contributed by atoms with E-state index < -0.39 is 0 Å². The molecule has 0 aliphatic rings. The van der Waals surface area contributed by atoms with Gasteiger partial charge in [-0.15, -0.1) is 0 Å². The van der Waals surface area contributed by atoms with E-state index in [9.17, 15) is 0 Å². The van der Waals surface area contributed by atoms with Crippen LogP contribution in [0.2, 0.25) is 0 Å². The first kappa shape index (κ1) is 6.35. The lowest BCUT2D eigenvalue weighted by molar-refractivity contribution is 1.60. The zero-order valence-corrected chi connectivity index (χ0v) is 4.21. The predicted octanol–water partition coefficient (Wildman–Crippen LogP) is 1.20. The highest BCUT2D eigenvalue weighted by Gasteiger charge is 1.32. The van der Waals surface area contributed by atoms with Gasteiger partial charge in [-0.1, -0.05) is 5.73 Å². The van der Waals surface area contributed by atoms with Crippen LogP contribution >= 0.6 is 0 Å². The van der Waals surface area contributed by atoms with Crippen LogP contribution < -0.4 is 0 Å². The lowest BCUT2D eigenvalue weighted by Crippen LogP contribution is -1.26. The minimum Gasteiger partial charge on any atom is -0.251 e. The van der Waals surface area contributed by atoms with Gasteiger partial charge in [0.05, 0.1) is 0 Å². The second kappa shape index (κ2) is 5.35. The third kappa shape index (κ3) is 4.35. The molecule has 0 aromatic rings. The van der Waals surface area contributed by atoms with Gasteiger partial charge in [0, 0.05) is 17.3 Å². The summed E-state index contributed by atoms with van der Waals surface area (Å²) in [6.07, 6.45) is 0. The molecule has 8 heavy (non-hydrogen) atoms. The molecule has 0 spiro atoms. The van der Waals surface area contributed by atoms with Gasteiger partial charge < -0.3 is 0 Å². The van der Waals surface area contributed by atoms with E-state index >= 15 is 0 Å². The standard InChI is InChI=1S/C7H3N/c1-2-3-4-5-6-7-8/h8H,1H2. The molecule has 0 amide bonds. The number of hydrogen-bond acceptors (Lipinski definition) is 1. The largest absolute Gasteiger partial charge is 0.251 e. The number of hydrogen-bond donors (Lipinski definition) is 1. The molecule has 1 heteroatoms. The molecule has 1 N–H and O–H groups in total. The Morgan fingerprint density at radius 2 is 1.62 bits per heavy atom. The third-order valence-corrected chi connectivity index (χ3v) is 0.338. The summed E-state index contributed by atoms with van der Waals surface area (Å²) in [5.41, 5.74) is 11.6. The van der Waals surface area contributed by atoms with Crippen LogP contribution in [0.15, 0.2) is 35.2 Å². The maximum Gasteiger partial charge on any atom is 0.0399 e. The summed E-state index contributed by atoms with van der Waals surface area (Å²) in [6, 6.07) is 0. The fourth-order valence-corrected chi connectivity index (χ4v) is 0.138. The van der Waals surface area contributed by atoms with Crippen molar-refractivity contribution in [2.75, 3.05) is 0 Å². The van der Waals surface area contributed by atoms with Crippen LogP contribution in [0.1, 0.15) is 0 Å². The van der Waals surface area contributed by atoms with Crippen LogP contribution in [-0.2, 0) is 0 Å². The van der Waals surface area contributed by atoms with E-state index in [1.54, 1.807) is 0 Å². The summed E-state index contributed by atoms with van der Waals surface area (Å²) in [4.78, 5) is 0. The average molecular weight is 101 g/mol. The zero-order chi connectivity index (χ0) is 6.24. The molecule has 0 heterocycles. The van der Waals surface area contributed by atoms with Gasteiger partial charge in [-0.3, -0.25) is 5.41 Å². The minimum absolute atomic E-state index is 1.86. The first-order valence-electron chi connectivity index (χ1n) is 1.85. The van der Waals surface area contributed by atoms with Crippen molar-refractivity contribution < 1.29 is 0 Å². The fraction of sp³-hybridized carbons (Fsp3) is 0. The van der Waals surface area contributed by atoms with E-state index in [0.29, 0.717) is 0 Å². The average Bonchev–Trinajstić information content (AvgIpc) is 1.81. The van der Waals surface area contributed by atoms with Crippen LogP contribution in [0.5, 0.6) is 0 Å². The van der Waals surface area contributed by atoms with Crippen LogP contribution in [0.4, 0.5) is 0 Å². The van der Waals surface area contributed by atoms with E-state index in [1.165, 1.54) is 0 Å². The van der Waals surface area contributed by atoms with Crippen LogP contribution in [-0.4, -0.2) is 5.87 Å². The summed E-state index contributed by atoms with van der Waals surface area (Å²) < 4.78 is 0. The smallest absolute Gasteiger partial charge is 0.0399 e. The quantitative estimate of drug-likeness (QED) is 0.350. The highest BCUT2D eigenvalue weighted by molar-refractivity contribution is 5.45.